The van der Waals surface area contributed by atoms with E-state index in [1.165, 1.54) is 19.3 Å². The fourth-order valence-electron chi connectivity index (χ4n) is 4.96. The Morgan fingerprint density at radius 2 is 1.72 bits per heavy atom. The number of benzene rings is 3. The number of carbonyl (C=O) groups excluding carboxylic acids is 1. The van der Waals surface area contributed by atoms with Gasteiger partial charge in [-0.05, 0) is 60.7 Å². The topological polar surface area (TPSA) is 41.6 Å². The Morgan fingerprint density at radius 1 is 1.00 bits per heavy atom. The first kappa shape index (κ1) is 24.8. The van der Waals surface area contributed by atoms with E-state index in [1.54, 1.807) is 11.8 Å². The molecule has 0 spiro atoms. The fourth-order valence-corrected chi connectivity index (χ4v) is 6.36. The molecule has 1 aliphatic carbocycles. The van der Waals surface area contributed by atoms with E-state index in [1.807, 2.05) is 72.8 Å². The smallest absolute Gasteiger partial charge is 0.262 e. The SMILES string of the molecule is C[C@H]1CCCC[C@@H]1N1C(=O)/C(=C/c2ccc(OCc3ccccc3Cl)cc2)SC1Nc1ccccc1. The first-order valence-electron chi connectivity index (χ1n) is 12.6. The lowest BCUT2D eigenvalue weighted by molar-refractivity contribution is -0.129. The second-order valence-electron chi connectivity index (χ2n) is 9.48. The van der Waals surface area contributed by atoms with Crippen molar-refractivity contribution < 1.29 is 9.53 Å². The van der Waals surface area contributed by atoms with Crippen LogP contribution in [0.5, 0.6) is 5.75 Å². The summed E-state index contributed by atoms with van der Waals surface area (Å²) in [6.45, 7) is 2.69. The van der Waals surface area contributed by atoms with E-state index < -0.39 is 0 Å². The monoisotopic (exact) mass is 518 g/mol. The minimum atomic E-state index is -0.116. The summed E-state index contributed by atoms with van der Waals surface area (Å²) >= 11 is 7.84. The molecule has 5 rings (SSSR count). The summed E-state index contributed by atoms with van der Waals surface area (Å²) in [7, 11) is 0. The number of hydrogen-bond acceptors (Lipinski definition) is 4. The number of amides is 1. The quantitative estimate of drug-likeness (QED) is 0.324. The van der Waals surface area contributed by atoms with Gasteiger partial charge in [-0.15, -0.1) is 0 Å². The molecule has 1 amide bonds. The molecule has 3 aromatic rings. The minimum absolute atomic E-state index is 0.116. The highest BCUT2D eigenvalue weighted by molar-refractivity contribution is 8.05. The number of anilines is 1. The standard InChI is InChI=1S/C30H31ClN2O2S/c1-21-9-5-8-14-27(21)33-29(34)28(36-30(33)32-24-11-3-2-4-12-24)19-22-15-17-25(18-16-22)35-20-23-10-6-7-13-26(23)31/h2-4,6-7,10-13,15-19,21,27,30,32H,5,8-9,14,20H2,1H3/b28-19-/t21-,27-,30?/m0/s1. The largest absolute Gasteiger partial charge is 0.489 e. The van der Waals surface area contributed by atoms with Crippen LogP contribution in [-0.4, -0.2) is 22.3 Å². The number of carbonyl (C=O) groups is 1. The number of halogens is 1. The van der Waals surface area contributed by atoms with E-state index in [-0.39, 0.29) is 17.4 Å². The molecule has 0 aromatic heterocycles. The summed E-state index contributed by atoms with van der Waals surface area (Å²) in [4.78, 5) is 16.5. The van der Waals surface area contributed by atoms with Crippen molar-refractivity contribution in [1.82, 2.24) is 4.90 Å². The van der Waals surface area contributed by atoms with Gasteiger partial charge < -0.3 is 15.0 Å². The van der Waals surface area contributed by atoms with Crippen LogP contribution in [0, 0.1) is 5.92 Å². The molecule has 2 fully saturated rings. The predicted molar refractivity (Wildman–Crippen MR) is 150 cm³/mol. The third-order valence-electron chi connectivity index (χ3n) is 6.95. The third-order valence-corrected chi connectivity index (χ3v) is 8.44. The van der Waals surface area contributed by atoms with Crippen LogP contribution in [0.4, 0.5) is 5.69 Å². The van der Waals surface area contributed by atoms with Gasteiger partial charge in [-0.1, -0.05) is 91.7 Å². The lowest BCUT2D eigenvalue weighted by atomic mass is 9.85. The summed E-state index contributed by atoms with van der Waals surface area (Å²) < 4.78 is 5.92. The van der Waals surface area contributed by atoms with Gasteiger partial charge in [0.15, 0.2) is 5.50 Å². The maximum Gasteiger partial charge on any atom is 0.262 e. The van der Waals surface area contributed by atoms with E-state index in [0.717, 1.165) is 33.9 Å². The van der Waals surface area contributed by atoms with Crippen LogP contribution in [0.3, 0.4) is 0 Å². The molecular formula is C30H31ClN2O2S. The number of ether oxygens (including phenoxy) is 1. The predicted octanol–water partition coefficient (Wildman–Crippen LogP) is 7.81. The third kappa shape index (κ3) is 5.74. The normalized spacial score (nSPS) is 23.2. The summed E-state index contributed by atoms with van der Waals surface area (Å²) in [6.07, 6.45) is 6.66. The summed E-state index contributed by atoms with van der Waals surface area (Å²) in [5.74, 6) is 1.38. The van der Waals surface area contributed by atoms with Crippen molar-refractivity contribution in [1.29, 1.82) is 0 Å². The highest BCUT2D eigenvalue weighted by atomic mass is 35.5. The molecule has 36 heavy (non-hydrogen) atoms. The van der Waals surface area contributed by atoms with Gasteiger partial charge in [0.1, 0.15) is 12.4 Å². The van der Waals surface area contributed by atoms with Gasteiger partial charge in [-0.2, -0.15) is 0 Å². The Bertz CT molecular complexity index is 1220. The van der Waals surface area contributed by atoms with E-state index in [9.17, 15) is 4.79 Å². The molecule has 4 nitrogen and oxygen atoms in total. The molecule has 0 bridgehead atoms. The fraction of sp³-hybridized carbons (Fsp3) is 0.300. The molecular weight excluding hydrogens is 488 g/mol. The summed E-state index contributed by atoms with van der Waals surface area (Å²) in [5.41, 5.74) is 2.84. The average Bonchev–Trinajstić information content (AvgIpc) is 3.19. The van der Waals surface area contributed by atoms with E-state index in [4.69, 9.17) is 16.3 Å². The Labute approximate surface area is 222 Å². The van der Waals surface area contributed by atoms with Crippen LogP contribution in [0.25, 0.3) is 6.08 Å². The molecule has 1 N–H and O–H groups in total. The molecule has 3 atom stereocenters. The molecule has 1 aliphatic heterocycles. The van der Waals surface area contributed by atoms with Crippen LogP contribution in [0.2, 0.25) is 5.02 Å². The molecule has 186 valence electrons. The number of thioether (sulfide) groups is 1. The zero-order chi connectivity index (χ0) is 24.9. The molecule has 3 aromatic carbocycles. The van der Waals surface area contributed by atoms with Crippen molar-refractivity contribution in [2.24, 2.45) is 5.92 Å². The highest BCUT2D eigenvalue weighted by Gasteiger charge is 2.42. The summed E-state index contributed by atoms with van der Waals surface area (Å²) in [6, 6.07) is 26.0. The van der Waals surface area contributed by atoms with E-state index in [0.29, 0.717) is 17.5 Å². The molecule has 1 saturated heterocycles. The number of rotatable bonds is 7. The first-order chi connectivity index (χ1) is 17.6. The van der Waals surface area contributed by atoms with Crippen molar-refractivity contribution in [3.8, 4) is 5.75 Å². The Balaban J connectivity index is 1.32. The van der Waals surface area contributed by atoms with Gasteiger partial charge in [0.05, 0.1) is 4.91 Å². The minimum Gasteiger partial charge on any atom is -0.489 e. The maximum atomic E-state index is 13.7. The second-order valence-corrected chi connectivity index (χ2v) is 11.0. The van der Waals surface area contributed by atoms with Crippen molar-refractivity contribution in [2.45, 2.75) is 50.8 Å². The molecule has 1 heterocycles. The van der Waals surface area contributed by atoms with Crippen LogP contribution in [-0.2, 0) is 11.4 Å². The first-order valence-corrected chi connectivity index (χ1v) is 13.8. The van der Waals surface area contributed by atoms with Crippen LogP contribution in [0.15, 0.2) is 83.8 Å². The molecule has 1 saturated carbocycles. The molecule has 1 unspecified atom stereocenters. The van der Waals surface area contributed by atoms with Crippen molar-refractivity contribution in [3.63, 3.8) is 0 Å². The van der Waals surface area contributed by atoms with Crippen molar-refractivity contribution >= 4 is 41.0 Å². The van der Waals surface area contributed by atoms with Gasteiger partial charge in [0, 0.05) is 22.3 Å². The van der Waals surface area contributed by atoms with Gasteiger partial charge >= 0.3 is 0 Å². The van der Waals surface area contributed by atoms with E-state index in [2.05, 4.69) is 29.3 Å². The Hall–Kier alpha value is -2.89. The Morgan fingerprint density at radius 3 is 2.47 bits per heavy atom. The summed E-state index contributed by atoms with van der Waals surface area (Å²) in [5, 5.41) is 4.30. The molecule has 2 aliphatic rings. The van der Waals surface area contributed by atoms with Gasteiger partial charge in [0.25, 0.3) is 5.91 Å². The highest BCUT2D eigenvalue weighted by Crippen LogP contribution is 2.42. The zero-order valence-electron chi connectivity index (χ0n) is 20.4. The van der Waals surface area contributed by atoms with Crippen LogP contribution >= 0.6 is 23.4 Å². The number of nitrogens with one attached hydrogen (secondary N) is 1. The molecule has 0 radical (unpaired) electrons. The maximum absolute atomic E-state index is 13.7. The van der Waals surface area contributed by atoms with Gasteiger partial charge in [-0.3, -0.25) is 4.79 Å². The second kappa shape index (κ2) is 11.4. The van der Waals surface area contributed by atoms with E-state index >= 15 is 0 Å². The lowest BCUT2D eigenvalue weighted by Crippen LogP contribution is -2.48. The van der Waals surface area contributed by atoms with Crippen LogP contribution < -0.4 is 10.1 Å². The van der Waals surface area contributed by atoms with Gasteiger partial charge in [-0.25, -0.2) is 0 Å². The van der Waals surface area contributed by atoms with Crippen LogP contribution in [0.1, 0.15) is 43.7 Å². The van der Waals surface area contributed by atoms with Crippen molar-refractivity contribution in [2.75, 3.05) is 5.32 Å². The Kier molecular flexibility index (Phi) is 7.88. The molecule has 6 heteroatoms. The van der Waals surface area contributed by atoms with Crippen molar-refractivity contribution in [3.05, 3.63) is 99.9 Å². The van der Waals surface area contributed by atoms with Gasteiger partial charge in [0.2, 0.25) is 0 Å². The number of hydrogen-bond donors (Lipinski definition) is 1. The number of para-hydroxylation sites is 1. The number of nitrogens with zero attached hydrogens (tertiary/aromatic N) is 1. The zero-order valence-corrected chi connectivity index (χ0v) is 22.0. The lowest BCUT2D eigenvalue weighted by Gasteiger charge is -2.39. The average molecular weight is 519 g/mol.